The van der Waals surface area contributed by atoms with Crippen LogP contribution in [0.15, 0.2) is 11.6 Å². The first-order valence-corrected chi connectivity index (χ1v) is 9.61. The fourth-order valence-electron chi connectivity index (χ4n) is 4.82. The van der Waals surface area contributed by atoms with Crippen LogP contribution in [0, 0.1) is 11.3 Å². The zero-order valence-corrected chi connectivity index (χ0v) is 16.2. The van der Waals surface area contributed by atoms with Gasteiger partial charge in [-0.25, -0.2) is 0 Å². The molecule has 0 bridgehead atoms. The molecular weight excluding hydrogens is 334 g/mol. The SMILES string of the molecule is CC(C)(C)[C@@H]1OC[C@]2(C(=O)C3=CCCCC3)N1C(=O)[C@H](CCO)[C@]2(C)O. The average Bonchev–Trinajstić information content (AvgIpc) is 3.07. The highest BCUT2D eigenvalue weighted by Gasteiger charge is 2.74. The Bertz CT molecular complexity index is 633. The third-order valence-electron chi connectivity index (χ3n) is 6.26. The van der Waals surface area contributed by atoms with Gasteiger partial charge in [-0.15, -0.1) is 0 Å². The lowest BCUT2D eigenvalue weighted by Crippen LogP contribution is -2.64. The van der Waals surface area contributed by atoms with Gasteiger partial charge in [-0.2, -0.15) is 0 Å². The van der Waals surface area contributed by atoms with Crippen LogP contribution < -0.4 is 0 Å². The smallest absolute Gasteiger partial charge is 0.231 e. The van der Waals surface area contributed by atoms with Gasteiger partial charge in [0.1, 0.15) is 11.8 Å². The molecule has 3 rings (SSSR count). The summed E-state index contributed by atoms with van der Waals surface area (Å²) in [7, 11) is 0. The highest BCUT2D eigenvalue weighted by Crippen LogP contribution is 2.53. The highest BCUT2D eigenvalue weighted by atomic mass is 16.5. The van der Waals surface area contributed by atoms with Crippen molar-refractivity contribution in [3.8, 4) is 0 Å². The zero-order chi connectivity index (χ0) is 19.3. The van der Waals surface area contributed by atoms with Crippen LogP contribution in [-0.4, -0.2) is 57.4 Å². The first kappa shape index (κ1) is 19.5. The summed E-state index contributed by atoms with van der Waals surface area (Å²) in [6.07, 6.45) is 5.00. The number of ketones is 1. The molecule has 0 spiro atoms. The van der Waals surface area contributed by atoms with Crippen LogP contribution >= 0.6 is 0 Å². The Balaban J connectivity index is 2.12. The van der Waals surface area contributed by atoms with E-state index in [4.69, 9.17) is 4.74 Å². The van der Waals surface area contributed by atoms with Gasteiger partial charge in [0.15, 0.2) is 11.3 Å². The Morgan fingerprint density at radius 3 is 2.62 bits per heavy atom. The van der Waals surface area contributed by atoms with Crippen molar-refractivity contribution >= 4 is 11.7 Å². The van der Waals surface area contributed by atoms with Crippen molar-refractivity contribution in [2.24, 2.45) is 11.3 Å². The van der Waals surface area contributed by atoms with E-state index in [1.54, 1.807) is 6.92 Å². The molecule has 1 amide bonds. The molecule has 6 heteroatoms. The lowest BCUT2D eigenvalue weighted by molar-refractivity contribution is -0.147. The van der Waals surface area contributed by atoms with Gasteiger partial charge in [-0.3, -0.25) is 14.5 Å². The largest absolute Gasteiger partial charge is 0.396 e. The van der Waals surface area contributed by atoms with E-state index in [0.29, 0.717) is 12.0 Å². The Kier molecular flexibility index (Phi) is 4.83. The molecule has 0 saturated carbocycles. The molecule has 0 radical (unpaired) electrons. The number of hydrogen-bond acceptors (Lipinski definition) is 5. The molecule has 2 saturated heterocycles. The van der Waals surface area contributed by atoms with Crippen LogP contribution in [0.4, 0.5) is 0 Å². The summed E-state index contributed by atoms with van der Waals surface area (Å²) >= 11 is 0. The van der Waals surface area contributed by atoms with Crippen LogP contribution in [0.2, 0.25) is 0 Å². The number of carbonyl (C=O) groups excluding carboxylic acids is 2. The number of rotatable bonds is 4. The van der Waals surface area contributed by atoms with Gasteiger partial charge in [0.05, 0.1) is 12.5 Å². The first-order chi connectivity index (χ1) is 12.1. The third-order valence-corrected chi connectivity index (χ3v) is 6.26. The fraction of sp³-hybridized carbons (Fsp3) is 0.800. The topological polar surface area (TPSA) is 87.1 Å². The summed E-state index contributed by atoms with van der Waals surface area (Å²) < 4.78 is 5.97. The van der Waals surface area contributed by atoms with Gasteiger partial charge < -0.3 is 14.9 Å². The molecule has 4 atom stereocenters. The van der Waals surface area contributed by atoms with Crippen molar-refractivity contribution in [3.05, 3.63) is 11.6 Å². The molecule has 1 aliphatic carbocycles. The number of hydrogen-bond donors (Lipinski definition) is 2. The van der Waals surface area contributed by atoms with Crippen LogP contribution in [0.5, 0.6) is 0 Å². The van der Waals surface area contributed by atoms with Crippen molar-refractivity contribution in [2.75, 3.05) is 13.2 Å². The summed E-state index contributed by atoms with van der Waals surface area (Å²) in [6, 6.07) is 0. The summed E-state index contributed by atoms with van der Waals surface area (Å²) in [5, 5.41) is 20.9. The maximum absolute atomic E-state index is 13.6. The second kappa shape index (κ2) is 6.43. The van der Waals surface area contributed by atoms with Crippen molar-refractivity contribution < 1.29 is 24.5 Å². The predicted molar refractivity (Wildman–Crippen MR) is 96.1 cm³/mol. The van der Waals surface area contributed by atoms with E-state index >= 15 is 0 Å². The van der Waals surface area contributed by atoms with Crippen LogP contribution in [-0.2, 0) is 14.3 Å². The van der Waals surface area contributed by atoms with E-state index in [-0.39, 0.29) is 31.3 Å². The maximum Gasteiger partial charge on any atom is 0.231 e. The molecule has 6 nitrogen and oxygen atoms in total. The number of amides is 1. The third kappa shape index (κ3) is 2.57. The number of aliphatic hydroxyl groups is 2. The molecule has 0 aromatic carbocycles. The number of Topliss-reactive ketones (excluding diaryl/α,β-unsaturated/α-hetero) is 1. The molecule has 146 valence electrons. The highest BCUT2D eigenvalue weighted by molar-refractivity contribution is 6.09. The molecular formula is C20H31NO5. The minimum atomic E-state index is -1.60. The van der Waals surface area contributed by atoms with Gasteiger partial charge >= 0.3 is 0 Å². The molecule has 0 aromatic rings. The number of nitrogens with zero attached hydrogens (tertiary/aromatic N) is 1. The standard InChI is InChI=1S/C20H31NO5/c1-18(2,3)17-21-16(24)14(10-11-22)19(4,25)20(21,12-26-17)15(23)13-8-6-5-7-9-13/h8,14,17,22,25H,5-7,9-12H2,1-4H3/t14-,17-,19-,20+/m0/s1. The fourth-order valence-corrected chi connectivity index (χ4v) is 4.82. The van der Waals surface area contributed by atoms with Crippen LogP contribution in [0.1, 0.15) is 59.8 Å². The van der Waals surface area contributed by atoms with E-state index < -0.39 is 28.7 Å². The Hall–Kier alpha value is -1.24. The molecule has 26 heavy (non-hydrogen) atoms. The zero-order valence-electron chi connectivity index (χ0n) is 16.2. The summed E-state index contributed by atoms with van der Waals surface area (Å²) in [5.74, 6) is -1.30. The van der Waals surface area contributed by atoms with E-state index in [1.165, 1.54) is 4.90 Å². The minimum absolute atomic E-state index is 0.00816. The van der Waals surface area contributed by atoms with Gasteiger partial charge in [-0.1, -0.05) is 26.8 Å². The van der Waals surface area contributed by atoms with Crippen LogP contribution in [0.3, 0.4) is 0 Å². The van der Waals surface area contributed by atoms with Crippen molar-refractivity contribution in [1.82, 2.24) is 4.90 Å². The number of fused-ring (bicyclic) bond motifs is 1. The lowest BCUT2D eigenvalue weighted by atomic mass is 9.71. The van der Waals surface area contributed by atoms with E-state index in [1.807, 2.05) is 26.8 Å². The second-order valence-corrected chi connectivity index (χ2v) is 9.11. The van der Waals surface area contributed by atoms with Crippen molar-refractivity contribution in [1.29, 1.82) is 0 Å². The van der Waals surface area contributed by atoms with Gasteiger partial charge in [0.25, 0.3) is 0 Å². The Morgan fingerprint density at radius 2 is 2.08 bits per heavy atom. The monoisotopic (exact) mass is 365 g/mol. The van der Waals surface area contributed by atoms with E-state index in [0.717, 1.165) is 19.3 Å². The number of aliphatic hydroxyl groups excluding tert-OH is 1. The molecule has 2 heterocycles. The molecule has 2 fully saturated rings. The van der Waals surface area contributed by atoms with Gasteiger partial charge in [0.2, 0.25) is 5.91 Å². The quantitative estimate of drug-likeness (QED) is 0.793. The average molecular weight is 365 g/mol. The predicted octanol–water partition coefficient (Wildman–Crippen LogP) is 1.79. The van der Waals surface area contributed by atoms with Crippen LogP contribution in [0.25, 0.3) is 0 Å². The van der Waals surface area contributed by atoms with Gasteiger partial charge in [0, 0.05) is 12.0 Å². The number of ether oxygens (including phenoxy) is 1. The summed E-state index contributed by atoms with van der Waals surface area (Å²) in [4.78, 5) is 28.4. The van der Waals surface area contributed by atoms with Crippen molar-refractivity contribution in [2.45, 2.75) is 77.2 Å². The Labute approximate surface area is 155 Å². The second-order valence-electron chi connectivity index (χ2n) is 9.11. The molecule has 2 N–H and O–H groups in total. The summed E-state index contributed by atoms with van der Waals surface area (Å²) in [6.45, 7) is 7.21. The molecule has 0 unspecified atom stereocenters. The Morgan fingerprint density at radius 1 is 1.38 bits per heavy atom. The van der Waals surface area contributed by atoms with Gasteiger partial charge in [-0.05, 0) is 44.6 Å². The lowest BCUT2D eigenvalue weighted by Gasteiger charge is -2.42. The summed E-state index contributed by atoms with van der Waals surface area (Å²) in [5.41, 5.74) is -2.71. The molecule has 0 aromatic heterocycles. The van der Waals surface area contributed by atoms with E-state index in [9.17, 15) is 19.8 Å². The number of allylic oxidation sites excluding steroid dienone is 1. The number of carbonyl (C=O) groups is 2. The molecule has 2 aliphatic heterocycles. The normalized spacial score (nSPS) is 37.7. The van der Waals surface area contributed by atoms with E-state index in [2.05, 4.69) is 0 Å². The minimum Gasteiger partial charge on any atom is -0.396 e. The maximum atomic E-state index is 13.6. The first-order valence-electron chi connectivity index (χ1n) is 9.61. The van der Waals surface area contributed by atoms with Crippen molar-refractivity contribution in [3.63, 3.8) is 0 Å². The molecule has 3 aliphatic rings.